The lowest BCUT2D eigenvalue weighted by molar-refractivity contribution is -0.143. The highest BCUT2D eigenvalue weighted by Gasteiger charge is 2.29. The average Bonchev–Trinajstić information content (AvgIpc) is 2.44. The van der Waals surface area contributed by atoms with Gasteiger partial charge in [0.25, 0.3) is 0 Å². The molecule has 0 bridgehead atoms. The lowest BCUT2D eigenvalue weighted by Gasteiger charge is -2.28. The van der Waals surface area contributed by atoms with Crippen LogP contribution in [0.2, 0.25) is 0 Å². The molecule has 2 heterocycles. The molecule has 3 aliphatic rings. The van der Waals surface area contributed by atoms with Crippen LogP contribution < -0.4 is 0 Å². The topological polar surface area (TPSA) is 44.8 Å². The average molecular weight is 258 g/mol. The van der Waals surface area contributed by atoms with E-state index in [2.05, 4.69) is 0 Å². The quantitative estimate of drug-likeness (QED) is 0.714. The molecule has 4 nitrogen and oxygen atoms in total. The molecule has 0 radical (unpaired) electrons. The third-order valence-electron chi connectivity index (χ3n) is 3.10. The fraction of sp³-hybridized carbons (Fsp3) is 0.267. The maximum atomic E-state index is 11.6. The van der Waals surface area contributed by atoms with Crippen molar-refractivity contribution in [3.63, 3.8) is 0 Å². The van der Waals surface area contributed by atoms with Gasteiger partial charge in [-0.2, -0.15) is 0 Å². The molecule has 0 amide bonds. The predicted molar refractivity (Wildman–Crippen MR) is 68.7 cm³/mol. The normalized spacial score (nSPS) is 23.5. The summed E-state index contributed by atoms with van der Waals surface area (Å²) >= 11 is 0. The zero-order valence-corrected chi connectivity index (χ0v) is 10.6. The summed E-state index contributed by atoms with van der Waals surface area (Å²) in [5.74, 6) is 0.631. The number of hydrogen-bond acceptors (Lipinski definition) is 4. The van der Waals surface area contributed by atoms with Gasteiger partial charge in [0.05, 0.1) is 12.9 Å². The Kier molecular flexibility index (Phi) is 2.99. The molecule has 98 valence electrons. The van der Waals surface area contributed by atoms with E-state index >= 15 is 0 Å². The van der Waals surface area contributed by atoms with Gasteiger partial charge in [-0.3, -0.25) is 0 Å². The first-order valence-corrected chi connectivity index (χ1v) is 6.28. The van der Waals surface area contributed by atoms with E-state index in [0.29, 0.717) is 13.0 Å². The molecule has 2 aliphatic heterocycles. The third-order valence-corrected chi connectivity index (χ3v) is 3.10. The van der Waals surface area contributed by atoms with Crippen molar-refractivity contribution < 1.29 is 19.0 Å². The van der Waals surface area contributed by atoms with E-state index < -0.39 is 5.97 Å². The first kappa shape index (κ1) is 11.8. The van der Waals surface area contributed by atoms with Crippen molar-refractivity contribution in [2.75, 3.05) is 6.61 Å². The van der Waals surface area contributed by atoms with Crippen molar-refractivity contribution in [1.29, 1.82) is 0 Å². The number of rotatable bonds is 2. The molecule has 0 spiro atoms. The summed E-state index contributed by atoms with van der Waals surface area (Å²) in [6.07, 6.45) is 11.6. The number of hydrogen-bond donors (Lipinski definition) is 0. The van der Waals surface area contributed by atoms with E-state index in [1.54, 1.807) is 19.3 Å². The molecular formula is C15H14O4. The minimum Gasteiger partial charge on any atom is -0.475 e. The smallest absolute Gasteiger partial charge is 0.373 e. The van der Waals surface area contributed by atoms with E-state index in [1.165, 1.54) is 0 Å². The fourth-order valence-electron chi connectivity index (χ4n) is 2.20. The lowest BCUT2D eigenvalue weighted by Crippen LogP contribution is -2.25. The fourth-order valence-corrected chi connectivity index (χ4v) is 2.20. The van der Waals surface area contributed by atoms with Gasteiger partial charge in [0.15, 0.2) is 0 Å². The standard InChI is InChI=1S/C15H14O4/c1-2-17-15(16)12-6-5-11-8-10-4-3-7-18-13(10)9-14(11)19-12/h3-4,6-9,14H,2,5H2,1H3. The third kappa shape index (κ3) is 2.21. The van der Waals surface area contributed by atoms with E-state index in [-0.39, 0.29) is 11.9 Å². The Hall–Kier alpha value is -2.23. The summed E-state index contributed by atoms with van der Waals surface area (Å²) in [6, 6.07) is 0. The monoisotopic (exact) mass is 258 g/mol. The largest absolute Gasteiger partial charge is 0.475 e. The summed E-state index contributed by atoms with van der Waals surface area (Å²) in [6.45, 7) is 2.11. The Morgan fingerprint density at radius 1 is 1.53 bits per heavy atom. The van der Waals surface area contributed by atoms with Gasteiger partial charge in [-0.25, -0.2) is 4.79 Å². The second-order valence-corrected chi connectivity index (χ2v) is 4.35. The number of carbonyl (C=O) groups excluding carboxylic acids is 1. The van der Waals surface area contributed by atoms with Crippen LogP contribution in [-0.4, -0.2) is 18.7 Å². The molecule has 0 aromatic carbocycles. The van der Waals surface area contributed by atoms with E-state index in [1.807, 2.05) is 24.3 Å². The highest BCUT2D eigenvalue weighted by Crippen LogP contribution is 2.33. The van der Waals surface area contributed by atoms with Crippen LogP contribution in [0.15, 0.2) is 59.3 Å². The molecule has 1 unspecified atom stereocenters. The van der Waals surface area contributed by atoms with E-state index in [0.717, 1.165) is 16.9 Å². The second kappa shape index (κ2) is 4.80. The number of allylic oxidation sites excluding steroid dienone is 4. The Morgan fingerprint density at radius 3 is 3.26 bits per heavy atom. The van der Waals surface area contributed by atoms with Crippen molar-refractivity contribution in [3.05, 3.63) is 59.3 Å². The molecule has 0 saturated heterocycles. The zero-order valence-electron chi connectivity index (χ0n) is 10.6. The number of fused-ring (bicyclic) bond motifs is 2. The molecule has 19 heavy (non-hydrogen) atoms. The minimum atomic E-state index is -0.411. The minimum absolute atomic E-state index is 0.247. The predicted octanol–water partition coefficient (Wildman–Crippen LogP) is 2.52. The summed E-state index contributed by atoms with van der Waals surface area (Å²) in [7, 11) is 0. The van der Waals surface area contributed by atoms with Gasteiger partial charge in [-0.05, 0) is 43.2 Å². The Morgan fingerprint density at radius 2 is 2.42 bits per heavy atom. The van der Waals surface area contributed by atoms with Crippen LogP contribution in [0.5, 0.6) is 0 Å². The van der Waals surface area contributed by atoms with Crippen molar-refractivity contribution in [2.24, 2.45) is 0 Å². The second-order valence-electron chi connectivity index (χ2n) is 4.35. The van der Waals surface area contributed by atoms with Crippen LogP contribution in [-0.2, 0) is 19.0 Å². The molecule has 0 aromatic rings. The van der Waals surface area contributed by atoms with Gasteiger partial charge in [0.2, 0.25) is 5.76 Å². The van der Waals surface area contributed by atoms with Crippen molar-refractivity contribution in [2.45, 2.75) is 19.4 Å². The molecular weight excluding hydrogens is 244 g/mol. The lowest BCUT2D eigenvalue weighted by atomic mass is 9.93. The zero-order chi connectivity index (χ0) is 13.2. The molecule has 1 atom stereocenters. The Balaban J connectivity index is 1.83. The van der Waals surface area contributed by atoms with Gasteiger partial charge in [0.1, 0.15) is 11.9 Å². The van der Waals surface area contributed by atoms with Crippen LogP contribution in [0, 0.1) is 0 Å². The molecule has 1 aliphatic carbocycles. The van der Waals surface area contributed by atoms with Crippen molar-refractivity contribution >= 4 is 5.97 Å². The highest BCUT2D eigenvalue weighted by atomic mass is 16.6. The van der Waals surface area contributed by atoms with E-state index in [4.69, 9.17) is 14.2 Å². The van der Waals surface area contributed by atoms with Gasteiger partial charge in [0, 0.05) is 11.6 Å². The maximum Gasteiger partial charge on any atom is 0.373 e. The van der Waals surface area contributed by atoms with Gasteiger partial charge in [-0.1, -0.05) is 0 Å². The molecule has 0 saturated carbocycles. The molecule has 0 fully saturated rings. The van der Waals surface area contributed by atoms with Gasteiger partial charge >= 0.3 is 5.97 Å². The van der Waals surface area contributed by atoms with Gasteiger partial charge in [-0.15, -0.1) is 0 Å². The summed E-state index contributed by atoms with van der Waals surface area (Å²) in [4.78, 5) is 11.6. The van der Waals surface area contributed by atoms with E-state index in [9.17, 15) is 4.79 Å². The summed E-state index contributed by atoms with van der Waals surface area (Å²) < 4.78 is 16.0. The Bertz CT molecular complexity index is 561. The SMILES string of the molecule is CCOC(=O)C1=CCC2=CC3=CC=COC3=CC2O1. The van der Waals surface area contributed by atoms with Crippen LogP contribution in [0.25, 0.3) is 0 Å². The molecule has 0 aromatic heterocycles. The van der Waals surface area contributed by atoms with Crippen LogP contribution in [0.3, 0.4) is 0 Å². The van der Waals surface area contributed by atoms with Crippen LogP contribution in [0.4, 0.5) is 0 Å². The van der Waals surface area contributed by atoms with Crippen molar-refractivity contribution in [1.82, 2.24) is 0 Å². The first-order valence-electron chi connectivity index (χ1n) is 6.28. The summed E-state index contributed by atoms with van der Waals surface area (Å²) in [5, 5.41) is 0. The molecule has 4 heteroatoms. The van der Waals surface area contributed by atoms with Crippen molar-refractivity contribution in [3.8, 4) is 0 Å². The number of esters is 1. The summed E-state index contributed by atoms with van der Waals surface area (Å²) in [5.41, 5.74) is 2.15. The maximum absolute atomic E-state index is 11.6. The molecule has 0 N–H and O–H groups in total. The van der Waals surface area contributed by atoms with Gasteiger partial charge < -0.3 is 14.2 Å². The Labute approximate surface area is 111 Å². The highest BCUT2D eigenvalue weighted by molar-refractivity contribution is 5.86. The number of carbonyl (C=O) groups is 1. The van der Waals surface area contributed by atoms with Crippen LogP contribution in [0.1, 0.15) is 13.3 Å². The number of ether oxygens (including phenoxy) is 3. The molecule has 3 rings (SSSR count). The van der Waals surface area contributed by atoms with Crippen LogP contribution >= 0.6 is 0 Å². The first-order chi connectivity index (χ1) is 9.28.